The van der Waals surface area contributed by atoms with Gasteiger partial charge in [0.05, 0.1) is 24.6 Å². The Bertz CT molecular complexity index is 608. The van der Waals surface area contributed by atoms with Gasteiger partial charge in [-0.2, -0.15) is 0 Å². The molecule has 0 unspecified atom stereocenters. The molecular weight excluding hydrogens is 246 g/mol. The van der Waals surface area contributed by atoms with Gasteiger partial charge in [-0.1, -0.05) is 6.07 Å². The van der Waals surface area contributed by atoms with Crippen LogP contribution in [0.1, 0.15) is 16.8 Å². The van der Waals surface area contributed by atoms with Gasteiger partial charge in [0.25, 0.3) is 5.91 Å². The van der Waals surface area contributed by atoms with E-state index in [-0.39, 0.29) is 24.8 Å². The molecule has 0 saturated carbocycles. The minimum atomic E-state index is -0.363. The lowest BCUT2D eigenvalue weighted by Crippen LogP contribution is -2.26. The summed E-state index contributed by atoms with van der Waals surface area (Å²) in [7, 11) is 1.31. The van der Waals surface area contributed by atoms with Crippen molar-refractivity contribution in [2.45, 2.75) is 6.42 Å². The van der Waals surface area contributed by atoms with Crippen LogP contribution in [0.15, 0.2) is 30.6 Å². The molecule has 2 aromatic rings. The molecule has 0 bridgehead atoms. The number of aromatic nitrogens is 2. The molecule has 6 nitrogen and oxygen atoms in total. The van der Waals surface area contributed by atoms with E-state index in [1.165, 1.54) is 13.3 Å². The van der Waals surface area contributed by atoms with E-state index < -0.39 is 0 Å². The Morgan fingerprint density at radius 2 is 2.05 bits per heavy atom. The molecule has 0 spiro atoms. The summed E-state index contributed by atoms with van der Waals surface area (Å²) in [6, 6.07) is 5.20. The molecule has 1 heterocycles. The molecule has 2 rings (SSSR count). The summed E-state index contributed by atoms with van der Waals surface area (Å²) < 4.78 is 4.50. The predicted octanol–water partition coefficient (Wildman–Crippen LogP) is 0.923. The van der Waals surface area contributed by atoms with Gasteiger partial charge in [0.1, 0.15) is 5.52 Å². The number of hydrogen-bond acceptors (Lipinski definition) is 5. The van der Waals surface area contributed by atoms with Crippen molar-refractivity contribution in [3.05, 3.63) is 36.2 Å². The van der Waals surface area contributed by atoms with Crippen molar-refractivity contribution < 1.29 is 14.3 Å². The second-order valence-electron chi connectivity index (χ2n) is 3.81. The molecule has 19 heavy (non-hydrogen) atoms. The average Bonchev–Trinajstić information content (AvgIpc) is 2.46. The maximum atomic E-state index is 12.0. The number of ether oxygens (including phenoxy) is 1. The molecule has 1 aromatic carbocycles. The van der Waals surface area contributed by atoms with Crippen LogP contribution in [0, 0.1) is 0 Å². The average molecular weight is 259 g/mol. The third kappa shape index (κ3) is 3.04. The second-order valence-corrected chi connectivity index (χ2v) is 3.81. The van der Waals surface area contributed by atoms with Gasteiger partial charge in [-0.25, -0.2) is 0 Å². The summed E-state index contributed by atoms with van der Waals surface area (Å²) in [5, 5.41) is 2.65. The lowest BCUT2D eigenvalue weighted by molar-refractivity contribution is -0.140. The van der Waals surface area contributed by atoms with Gasteiger partial charge in [-0.15, -0.1) is 0 Å². The molecule has 0 atom stereocenters. The van der Waals surface area contributed by atoms with E-state index in [0.717, 1.165) is 0 Å². The summed E-state index contributed by atoms with van der Waals surface area (Å²) in [5.74, 6) is -0.645. The Morgan fingerprint density at radius 3 is 2.84 bits per heavy atom. The van der Waals surface area contributed by atoms with E-state index in [1.807, 2.05) is 0 Å². The number of nitrogens with one attached hydrogen (secondary N) is 1. The van der Waals surface area contributed by atoms with Gasteiger partial charge in [0.2, 0.25) is 0 Å². The first-order valence-electron chi connectivity index (χ1n) is 5.77. The molecule has 1 aromatic heterocycles. The Morgan fingerprint density at radius 1 is 1.26 bits per heavy atom. The molecule has 0 aliphatic heterocycles. The van der Waals surface area contributed by atoms with Crippen LogP contribution in [0.2, 0.25) is 0 Å². The fourth-order valence-corrected chi connectivity index (χ4v) is 1.65. The minimum absolute atomic E-state index is 0.138. The number of rotatable bonds is 4. The monoisotopic (exact) mass is 259 g/mol. The highest BCUT2D eigenvalue weighted by Gasteiger charge is 2.11. The Hall–Kier alpha value is -2.50. The second kappa shape index (κ2) is 5.90. The zero-order valence-corrected chi connectivity index (χ0v) is 10.4. The number of carbonyl (C=O) groups is 2. The largest absolute Gasteiger partial charge is 0.469 e. The molecule has 0 aliphatic rings. The molecule has 1 N–H and O–H groups in total. The van der Waals surface area contributed by atoms with Crippen molar-refractivity contribution in [3.8, 4) is 0 Å². The summed E-state index contributed by atoms with van der Waals surface area (Å²) in [4.78, 5) is 31.2. The summed E-state index contributed by atoms with van der Waals surface area (Å²) in [6.45, 7) is 0.224. The highest BCUT2D eigenvalue weighted by Crippen LogP contribution is 2.13. The van der Waals surface area contributed by atoms with Crippen LogP contribution in [-0.2, 0) is 9.53 Å². The predicted molar refractivity (Wildman–Crippen MR) is 68.5 cm³/mol. The number of fused-ring (bicyclic) bond motifs is 1. The Labute approximate surface area is 109 Å². The summed E-state index contributed by atoms with van der Waals surface area (Å²) in [6.07, 6.45) is 3.24. The number of hydrogen-bond donors (Lipinski definition) is 1. The maximum absolute atomic E-state index is 12.0. The topological polar surface area (TPSA) is 81.2 Å². The van der Waals surface area contributed by atoms with E-state index in [0.29, 0.717) is 16.6 Å². The number of amides is 1. The number of esters is 1. The van der Waals surface area contributed by atoms with Crippen LogP contribution in [-0.4, -0.2) is 35.5 Å². The Balaban J connectivity index is 2.11. The first-order valence-corrected chi connectivity index (χ1v) is 5.77. The molecule has 0 aliphatic carbocycles. The first kappa shape index (κ1) is 12.9. The maximum Gasteiger partial charge on any atom is 0.307 e. The SMILES string of the molecule is COC(=O)CCNC(=O)c1cccc2nccnc12. The fraction of sp³-hybridized carbons (Fsp3) is 0.231. The molecule has 0 fully saturated rings. The van der Waals surface area contributed by atoms with E-state index in [1.54, 1.807) is 24.4 Å². The van der Waals surface area contributed by atoms with Crippen LogP contribution >= 0.6 is 0 Å². The van der Waals surface area contributed by atoms with Crippen LogP contribution in [0.25, 0.3) is 11.0 Å². The molecule has 98 valence electrons. The molecule has 0 radical (unpaired) electrons. The molecule has 1 amide bonds. The van der Waals surface area contributed by atoms with Crippen molar-refractivity contribution in [3.63, 3.8) is 0 Å². The zero-order chi connectivity index (χ0) is 13.7. The van der Waals surface area contributed by atoms with Crippen LogP contribution in [0.5, 0.6) is 0 Å². The highest BCUT2D eigenvalue weighted by atomic mass is 16.5. The molecule has 6 heteroatoms. The third-order valence-corrected chi connectivity index (χ3v) is 2.59. The smallest absolute Gasteiger partial charge is 0.307 e. The van der Waals surface area contributed by atoms with Gasteiger partial charge < -0.3 is 10.1 Å². The molecular formula is C13H13N3O3. The quantitative estimate of drug-likeness (QED) is 0.826. The normalized spacial score (nSPS) is 10.2. The van der Waals surface area contributed by atoms with E-state index >= 15 is 0 Å². The number of para-hydroxylation sites is 1. The fourth-order valence-electron chi connectivity index (χ4n) is 1.65. The van der Waals surface area contributed by atoms with E-state index in [2.05, 4.69) is 20.0 Å². The van der Waals surface area contributed by atoms with Gasteiger partial charge in [0, 0.05) is 18.9 Å². The number of methoxy groups -OCH3 is 1. The van der Waals surface area contributed by atoms with Crippen molar-refractivity contribution >= 4 is 22.9 Å². The highest BCUT2D eigenvalue weighted by molar-refractivity contribution is 6.04. The molecule has 0 saturated heterocycles. The number of benzene rings is 1. The number of carbonyl (C=O) groups excluding carboxylic acids is 2. The lowest BCUT2D eigenvalue weighted by atomic mass is 10.1. The van der Waals surface area contributed by atoms with Gasteiger partial charge in [-0.05, 0) is 12.1 Å². The van der Waals surface area contributed by atoms with Gasteiger partial charge >= 0.3 is 5.97 Å². The van der Waals surface area contributed by atoms with Crippen LogP contribution < -0.4 is 5.32 Å². The van der Waals surface area contributed by atoms with Gasteiger partial charge in [-0.3, -0.25) is 19.6 Å². The van der Waals surface area contributed by atoms with Crippen molar-refractivity contribution in [1.82, 2.24) is 15.3 Å². The minimum Gasteiger partial charge on any atom is -0.469 e. The summed E-state index contributed by atoms with van der Waals surface area (Å²) in [5.41, 5.74) is 1.64. The van der Waals surface area contributed by atoms with Crippen molar-refractivity contribution in [1.29, 1.82) is 0 Å². The standard InChI is InChI=1S/C13H13N3O3/c1-19-11(17)5-6-16-13(18)9-3-2-4-10-12(9)15-8-7-14-10/h2-4,7-8H,5-6H2,1H3,(H,16,18). The van der Waals surface area contributed by atoms with E-state index in [9.17, 15) is 9.59 Å². The Kier molecular flexibility index (Phi) is 4.02. The van der Waals surface area contributed by atoms with E-state index in [4.69, 9.17) is 0 Å². The zero-order valence-electron chi connectivity index (χ0n) is 10.4. The van der Waals surface area contributed by atoms with Crippen molar-refractivity contribution in [2.75, 3.05) is 13.7 Å². The van der Waals surface area contributed by atoms with Crippen LogP contribution in [0.4, 0.5) is 0 Å². The summed E-state index contributed by atoms with van der Waals surface area (Å²) >= 11 is 0. The lowest BCUT2D eigenvalue weighted by Gasteiger charge is -2.06. The third-order valence-electron chi connectivity index (χ3n) is 2.59. The van der Waals surface area contributed by atoms with Crippen molar-refractivity contribution in [2.24, 2.45) is 0 Å². The van der Waals surface area contributed by atoms with Gasteiger partial charge in [0.15, 0.2) is 0 Å². The van der Waals surface area contributed by atoms with Crippen LogP contribution in [0.3, 0.4) is 0 Å². The number of nitrogens with zero attached hydrogens (tertiary/aromatic N) is 2. The first-order chi connectivity index (χ1) is 9.22.